The van der Waals surface area contributed by atoms with Crippen molar-refractivity contribution in [1.29, 1.82) is 0 Å². The summed E-state index contributed by atoms with van der Waals surface area (Å²) in [5.41, 5.74) is 1.78. The minimum atomic E-state index is -0.108. The van der Waals surface area contributed by atoms with Crippen molar-refractivity contribution < 1.29 is 19.0 Å². The molecule has 0 aliphatic carbocycles. The van der Waals surface area contributed by atoms with E-state index in [0.29, 0.717) is 18.0 Å². The van der Waals surface area contributed by atoms with Gasteiger partial charge in [-0.15, -0.1) is 0 Å². The molecule has 0 bridgehead atoms. The van der Waals surface area contributed by atoms with Crippen LogP contribution in [0.5, 0.6) is 17.2 Å². The number of halogens is 1. The molecule has 2 aromatic rings. The average Bonchev–Trinajstić information content (AvgIpc) is 2.66. The quantitative estimate of drug-likeness (QED) is 0.538. The molecule has 2 rings (SSSR count). The predicted octanol–water partition coefficient (Wildman–Crippen LogP) is 4.93. The van der Waals surface area contributed by atoms with Crippen LogP contribution in [-0.2, 0) is 11.3 Å². The Kier molecular flexibility index (Phi) is 7.93. The summed E-state index contributed by atoms with van der Waals surface area (Å²) in [6, 6.07) is 11.3. The van der Waals surface area contributed by atoms with E-state index in [-0.39, 0.29) is 12.0 Å². The van der Waals surface area contributed by atoms with Crippen molar-refractivity contribution in [3.63, 3.8) is 0 Å². The van der Waals surface area contributed by atoms with Gasteiger partial charge in [0.15, 0.2) is 11.5 Å². The molecule has 28 heavy (non-hydrogen) atoms. The Balaban J connectivity index is 2.09. The molecule has 0 radical (unpaired) electrons. The number of methoxy groups -OCH3 is 2. The van der Waals surface area contributed by atoms with Gasteiger partial charge in [0.05, 0.1) is 20.3 Å². The number of benzene rings is 2. The number of carbonyl (C=O) groups excluding carboxylic acids is 1. The third-order valence-corrected chi connectivity index (χ3v) is 4.49. The lowest BCUT2D eigenvalue weighted by molar-refractivity contribution is -0.125. The van der Waals surface area contributed by atoms with Crippen LogP contribution in [0.4, 0.5) is 0 Å². The summed E-state index contributed by atoms with van der Waals surface area (Å²) in [6.07, 6.45) is 3.36. The Morgan fingerprint density at radius 2 is 1.75 bits per heavy atom. The van der Waals surface area contributed by atoms with E-state index in [2.05, 4.69) is 15.9 Å². The number of ether oxygens (including phenoxy) is 3. The third kappa shape index (κ3) is 6.02. The van der Waals surface area contributed by atoms with Crippen molar-refractivity contribution >= 4 is 27.9 Å². The van der Waals surface area contributed by atoms with Crippen molar-refractivity contribution in [2.24, 2.45) is 0 Å². The lowest BCUT2D eigenvalue weighted by Crippen LogP contribution is -2.24. The summed E-state index contributed by atoms with van der Waals surface area (Å²) in [5.74, 6) is 1.95. The molecule has 0 N–H and O–H groups in total. The zero-order valence-corrected chi connectivity index (χ0v) is 18.4. The fourth-order valence-electron chi connectivity index (χ4n) is 2.64. The second-order valence-electron chi connectivity index (χ2n) is 6.56. The van der Waals surface area contributed by atoms with Gasteiger partial charge >= 0.3 is 0 Å². The average molecular weight is 448 g/mol. The smallest absolute Gasteiger partial charge is 0.246 e. The first-order valence-electron chi connectivity index (χ1n) is 8.94. The lowest BCUT2D eigenvalue weighted by atomic mass is 10.1. The highest BCUT2D eigenvalue weighted by Crippen LogP contribution is 2.29. The summed E-state index contributed by atoms with van der Waals surface area (Å²) in [6.45, 7) is 4.36. The molecule has 0 aromatic heterocycles. The van der Waals surface area contributed by atoms with E-state index < -0.39 is 0 Å². The first-order chi connectivity index (χ1) is 13.3. The largest absolute Gasteiger partial charge is 0.496 e. The Bertz CT molecular complexity index is 848. The summed E-state index contributed by atoms with van der Waals surface area (Å²) in [7, 11) is 4.97. The predicted molar refractivity (Wildman–Crippen MR) is 115 cm³/mol. The van der Waals surface area contributed by atoms with Crippen LogP contribution in [0, 0.1) is 0 Å². The molecule has 1 amide bonds. The zero-order valence-electron chi connectivity index (χ0n) is 16.9. The van der Waals surface area contributed by atoms with Crippen LogP contribution in [0.2, 0.25) is 0 Å². The summed E-state index contributed by atoms with van der Waals surface area (Å²) >= 11 is 3.45. The van der Waals surface area contributed by atoms with E-state index in [0.717, 1.165) is 21.3 Å². The Hall–Kier alpha value is -2.47. The first-order valence-corrected chi connectivity index (χ1v) is 9.73. The second-order valence-corrected chi connectivity index (χ2v) is 7.48. The van der Waals surface area contributed by atoms with Crippen LogP contribution < -0.4 is 14.2 Å². The molecule has 5 nitrogen and oxygen atoms in total. The normalized spacial score (nSPS) is 11.0. The van der Waals surface area contributed by atoms with Gasteiger partial charge in [-0.1, -0.05) is 22.0 Å². The zero-order chi connectivity index (χ0) is 20.7. The molecule has 0 saturated carbocycles. The first kappa shape index (κ1) is 21.8. The van der Waals surface area contributed by atoms with Crippen molar-refractivity contribution in [1.82, 2.24) is 4.90 Å². The third-order valence-electron chi connectivity index (χ3n) is 3.99. The maximum absolute atomic E-state index is 12.5. The molecule has 0 aliphatic rings. The molecule has 6 heteroatoms. The molecule has 0 saturated heterocycles. The van der Waals surface area contributed by atoms with Crippen LogP contribution in [-0.4, -0.2) is 38.2 Å². The number of carbonyl (C=O) groups is 1. The highest BCUT2D eigenvalue weighted by Gasteiger charge is 2.11. The summed E-state index contributed by atoms with van der Waals surface area (Å²) < 4.78 is 17.4. The molecule has 2 aromatic carbocycles. The molecular formula is C22H26BrNO4. The number of amides is 1. The summed E-state index contributed by atoms with van der Waals surface area (Å²) in [5, 5.41) is 0. The van der Waals surface area contributed by atoms with Gasteiger partial charge in [-0.05, 0) is 55.8 Å². The minimum Gasteiger partial charge on any atom is -0.496 e. The molecule has 0 atom stereocenters. The highest BCUT2D eigenvalue weighted by atomic mass is 79.9. The van der Waals surface area contributed by atoms with Gasteiger partial charge in [0.1, 0.15) is 5.75 Å². The highest BCUT2D eigenvalue weighted by molar-refractivity contribution is 9.10. The number of nitrogens with zero attached hydrogens (tertiary/aromatic N) is 1. The van der Waals surface area contributed by atoms with E-state index in [9.17, 15) is 4.79 Å². The van der Waals surface area contributed by atoms with E-state index in [1.54, 1.807) is 38.3 Å². The second kappa shape index (κ2) is 10.2. The van der Waals surface area contributed by atoms with Crippen LogP contribution in [0.25, 0.3) is 6.08 Å². The maximum Gasteiger partial charge on any atom is 0.246 e. The molecule has 0 heterocycles. The van der Waals surface area contributed by atoms with Crippen molar-refractivity contribution in [2.45, 2.75) is 26.5 Å². The number of hydrogen-bond acceptors (Lipinski definition) is 4. The van der Waals surface area contributed by atoms with Gasteiger partial charge in [-0.2, -0.15) is 0 Å². The van der Waals surface area contributed by atoms with Crippen molar-refractivity contribution in [2.75, 3.05) is 21.3 Å². The van der Waals surface area contributed by atoms with Crippen molar-refractivity contribution in [3.05, 3.63) is 58.1 Å². The minimum absolute atomic E-state index is 0.0561. The summed E-state index contributed by atoms with van der Waals surface area (Å²) in [4.78, 5) is 14.1. The monoisotopic (exact) mass is 447 g/mol. The Morgan fingerprint density at radius 1 is 1.07 bits per heavy atom. The fraction of sp³-hybridized carbons (Fsp3) is 0.318. The SMILES string of the molecule is COc1ccc(Br)cc1CN(C)C(=O)C=Cc1ccc(OC(C)C)c(OC)c1. The van der Waals surface area contributed by atoms with E-state index >= 15 is 0 Å². The molecule has 150 valence electrons. The van der Waals surface area contributed by atoms with Gasteiger partial charge in [-0.3, -0.25) is 4.79 Å². The van der Waals surface area contributed by atoms with Gasteiger partial charge in [0.2, 0.25) is 5.91 Å². The van der Waals surface area contributed by atoms with Crippen LogP contribution in [0.3, 0.4) is 0 Å². The molecule has 0 spiro atoms. The topological polar surface area (TPSA) is 48.0 Å². The van der Waals surface area contributed by atoms with Gasteiger partial charge in [0, 0.05) is 29.7 Å². The van der Waals surface area contributed by atoms with Gasteiger partial charge < -0.3 is 19.1 Å². The fourth-order valence-corrected chi connectivity index (χ4v) is 3.05. The maximum atomic E-state index is 12.5. The van der Waals surface area contributed by atoms with Crippen LogP contribution in [0.15, 0.2) is 46.9 Å². The number of likely N-dealkylation sites (N-methyl/N-ethyl adjacent to an activating group) is 1. The van der Waals surface area contributed by atoms with Crippen molar-refractivity contribution in [3.8, 4) is 17.2 Å². The van der Waals surface area contributed by atoms with Gasteiger partial charge in [0.25, 0.3) is 0 Å². The van der Waals surface area contributed by atoms with Crippen LogP contribution in [0.1, 0.15) is 25.0 Å². The lowest BCUT2D eigenvalue weighted by Gasteiger charge is -2.17. The van der Waals surface area contributed by atoms with Crippen LogP contribution >= 0.6 is 15.9 Å². The van der Waals surface area contributed by atoms with Gasteiger partial charge in [-0.25, -0.2) is 0 Å². The molecule has 0 aliphatic heterocycles. The molecular weight excluding hydrogens is 422 g/mol. The number of hydrogen-bond donors (Lipinski definition) is 0. The molecule has 0 unspecified atom stereocenters. The van der Waals surface area contributed by atoms with E-state index in [1.165, 1.54) is 0 Å². The Morgan fingerprint density at radius 3 is 2.39 bits per heavy atom. The molecule has 0 fully saturated rings. The van der Waals surface area contributed by atoms with E-state index in [4.69, 9.17) is 14.2 Å². The Labute approximate surface area is 175 Å². The standard InChI is InChI=1S/C22H26BrNO4/c1-15(2)28-20-9-6-16(12-21(20)27-5)7-11-22(25)24(3)14-17-13-18(23)8-10-19(17)26-4/h6-13,15H,14H2,1-5H3. The number of rotatable bonds is 8. The van der Waals surface area contributed by atoms with E-state index in [1.807, 2.05) is 50.2 Å².